The third-order valence-corrected chi connectivity index (χ3v) is 5.57. The van der Waals surface area contributed by atoms with E-state index in [1.54, 1.807) is 45.6 Å². The van der Waals surface area contributed by atoms with Gasteiger partial charge in [-0.3, -0.25) is 9.69 Å². The fraction of sp³-hybridized carbons (Fsp3) is 0.594. The van der Waals surface area contributed by atoms with E-state index in [-0.39, 0.29) is 5.91 Å². The molecule has 0 spiro atoms. The Bertz CT molecular complexity index is 813. The molecule has 0 aromatic rings. The van der Waals surface area contributed by atoms with Crippen LogP contribution < -0.4 is 5.32 Å². The second kappa shape index (κ2) is 26.8. The zero-order valence-corrected chi connectivity index (χ0v) is 27.4. The minimum atomic E-state index is -0.183. The van der Waals surface area contributed by atoms with Crippen LogP contribution in [0.4, 0.5) is 0 Å². The first-order valence-electron chi connectivity index (χ1n) is 13.7. The van der Waals surface area contributed by atoms with Gasteiger partial charge in [-0.05, 0) is 104 Å². The molecule has 0 aromatic carbocycles. The number of amides is 1. The molecule has 0 bridgehead atoms. The Morgan fingerprint density at radius 2 is 1.41 bits per heavy atom. The van der Waals surface area contributed by atoms with Gasteiger partial charge >= 0.3 is 0 Å². The van der Waals surface area contributed by atoms with Gasteiger partial charge in [0, 0.05) is 25.7 Å². The van der Waals surface area contributed by atoms with Crippen molar-refractivity contribution in [1.29, 1.82) is 0 Å². The van der Waals surface area contributed by atoms with Crippen LogP contribution in [-0.2, 0) is 19.0 Å². The smallest absolute Gasteiger partial charge is 0.243 e. The van der Waals surface area contributed by atoms with Crippen LogP contribution in [0, 0.1) is 0 Å². The summed E-state index contributed by atoms with van der Waals surface area (Å²) in [6.07, 6.45) is 12.3. The van der Waals surface area contributed by atoms with Crippen molar-refractivity contribution < 1.29 is 19.0 Å². The van der Waals surface area contributed by atoms with E-state index in [9.17, 15) is 4.79 Å². The molecule has 1 heterocycles. The summed E-state index contributed by atoms with van der Waals surface area (Å²) in [7, 11) is 12.4. The molecular formula is C32H59N3O4. The summed E-state index contributed by atoms with van der Waals surface area (Å²) in [5, 5.41) is 2.47. The predicted octanol–water partition coefficient (Wildman–Crippen LogP) is 6.49. The third-order valence-electron chi connectivity index (χ3n) is 5.57. The maximum absolute atomic E-state index is 10.9. The number of carbonyl (C=O) groups is 1. The standard InChI is InChI=1S/C16H27NO.C11H17NO3.C3H9N.C2H6/c1-6-16(18-5)15(4)14(3)13(2)12-17-10-8-7-9-11-17;1-5-9(14-3)8-10(15-4)6-7-11(13)12-2;1-4(2)3;1-2/h6H,1,7-12H2,2-5H3;5-8H,1-4H3,(H,12,13);1-3H3;1-2H3/b14-13+,16-15+;7-6+,9-5+,10-8+;;. The van der Waals surface area contributed by atoms with Crippen LogP contribution in [0.2, 0.25) is 0 Å². The van der Waals surface area contributed by atoms with Crippen molar-refractivity contribution in [3.05, 3.63) is 71.0 Å². The molecule has 0 aliphatic carbocycles. The molecule has 39 heavy (non-hydrogen) atoms. The van der Waals surface area contributed by atoms with Gasteiger partial charge < -0.3 is 24.4 Å². The molecule has 0 radical (unpaired) electrons. The highest BCUT2D eigenvalue weighted by Gasteiger charge is 2.12. The number of nitrogens with zero attached hydrogens (tertiary/aromatic N) is 2. The number of rotatable bonds is 10. The number of likely N-dealkylation sites (N-methyl/N-ethyl adjacent to an activating group) is 1. The van der Waals surface area contributed by atoms with E-state index in [0.29, 0.717) is 11.5 Å². The van der Waals surface area contributed by atoms with E-state index in [0.717, 1.165) is 12.3 Å². The van der Waals surface area contributed by atoms with Gasteiger partial charge in [-0.2, -0.15) is 0 Å². The Labute approximate surface area is 240 Å². The number of ether oxygens (including phenoxy) is 3. The van der Waals surface area contributed by atoms with E-state index < -0.39 is 0 Å². The van der Waals surface area contributed by atoms with Crippen LogP contribution in [0.3, 0.4) is 0 Å². The minimum Gasteiger partial charge on any atom is -0.497 e. The van der Waals surface area contributed by atoms with Gasteiger partial charge in [0.15, 0.2) is 0 Å². The first-order valence-corrected chi connectivity index (χ1v) is 13.7. The van der Waals surface area contributed by atoms with E-state index >= 15 is 0 Å². The Balaban J connectivity index is -0.000000559. The molecule has 0 atom stereocenters. The summed E-state index contributed by atoms with van der Waals surface area (Å²) in [4.78, 5) is 15.5. The second-order valence-corrected chi connectivity index (χ2v) is 9.07. The fourth-order valence-electron chi connectivity index (χ4n) is 3.28. The number of methoxy groups -OCH3 is 3. The molecule has 1 N–H and O–H groups in total. The normalized spacial score (nSPS) is 15.2. The lowest BCUT2D eigenvalue weighted by atomic mass is 10.0. The zero-order chi connectivity index (χ0) is 30.8. The first-order chi connectivity index (χ1) is 18.5. The fourth-order valence-corrected chi connectivity index (χ4v) is 3.28. The maximum atomic E-state index is 10.9. The zero-order valence-electron chi connectivity index (χ0n) is 27.4. The molecule has 7 heteroatoms. The number of hydrogen-bond acceptors (Lipinski definition) is 6. The van der Waals surface area contributed by atoms with E-state index in [2.05, 4.69) is 37.6 Å². The van der Waals surface area contributed by atoms with Crippen molar-refractivity contribution in [3.63, 3.8) is 0 Å². The average molecular weight is 550 g/mol. The van der Waals surface area contributed by atoms with Crippen LogP contribution in [-0.4, -0.2) is 84.9 Å². The van der Waals surface area contributed by atoms with Crippen LogP contribution in [0.1, 0.15) is 60.8 Å². The van der Waals surface area contributed by atoms with Crippen molar-refractivity contribution in [3.8, 4) is 0 Å². The minimum absolute atomic E-state index is 0.183. The van der Waals surface area contributed by atoms with Crippen molar-refractivity contribution in [2.75, 3.05) is 69.2 Å². The van der Waals surface area contributed by atoms with Gasteiger partial charge in [0.05, 0.1) is 21.3 Å². The maximum Gasteiger partial charge on any atom is 0.243 e. The SMILES string of the molecule is C=C/C(OC)=C(C)\C(C)=C(/C)CN1CCCCC1.CC.CN(C)C.C\C=C(/C=C(\C=C\C(=O)NC)OC)OC. The van der Waals surface area contributed by atoms with E-state index in [4.69, 9.17) is 14.2 Å². The molecule has 7 nitrogen and oxygen atoms in total. The quantitative estimate of drug-likeness (QED) is 0.191. The van der Waals surface area contributed by atoms with Crippen LogP contribution in [0.15, 0.2) is 71.0 Å². The monoisotopic (exact) mass is 549 g/mol. The molecule has 1 amide bonds. The van der Waals surface area contributed by atoms with Crippen molar-refractivity contribution >= 4 is 5.91 Å². The third kappa shape index (κ3) is 21.8. The van der Waals surface area contributed by atoms with Crippen LogP contribution in [0.25, 0.3) is 0 Å². The van der Waals surface area contributed by atoms with Gasteiger partial charge in [-0.1, -0.05) is 32.4 Å². The molecule has 0 aromatic heterocycles. The van der Waals surface area contributed by atoms with Crippen molar-refractivity contribution in [1.82, 2.24) is 15.1 Å². The number of likely N-dealkylation sites (tertiary alicyclic amines) is 1. The lowest BCUT2D eigenvalue weighted by molar-refractivity contribution is -0.116. The van der Waals surface area contributed by atoms with Crippen molar-refractivity contribution in [2.24, 2.45) is 0 Å². The molecule has 1 aliphatic rings. The van der Waals surface area contributed by atoms with Gasteiger partial charge in [0.1, 0.15) is 17.3 Å². The Morgan fingerprint density at radius 3 is 1.79 bits per heavy atom. The van der Waals surface area contributed by atoms with E-state index in [1.165, 1.54) is 62.3 Å². The van der Waals surface area contributed by atoms with Crippen molar-refractivity contribution in [2.45, 2.75) is 60.8 Å². The number of nitrogens with one attached hydrogen (secondary N) is 1. The molecule has 1 aliphatic heterocycles. The van der Waals surface area contributed by atoms with Gasteiger partial charge in [-0.15, -0.1) is 0 Å². The summed E-state index contributed by atoms with van der Waals surface area (Å²) >= 11 is 0. The number of allylic oxidation sites excluding steroid dienone is 6. The van der Waals surface area contributed by atoms with Gasteiger partial charge in [-0.25, -0.2) is 0 Å². The Morgan fingerprint density at radius 1 is 0.897 bits per heavy atom. The molecular weight excluding hydrogens is 490 g/mol. The van der Waals surface area contributed by atoms with Crippen LogP contribution >= 0.6 is 0 Å². The molecule has 0 saturated carbocycles. The number of hydrogen-bond donors (Lipinski definition) is 1. The lowest BCUT2D eigenvalue weighted by Crippen LogP contribution is -2.31. The summed E-state index contributed by atoms with van der Waals surface area (Å²) in [6.45, 7) is 19.7. The molecule has 226 valence electrons. The molecule has 1 rings (SSSR count). The molecule has 0 unspecified atom stereocenters. The van der Waals surface area contributed by atoms with Gasteiger partial charge in [0.25, 0.3) is 0 Å². The summed E-state index contributed by atoms with van der Waals surface area (Å²) in [5.41, 5.74) is 3.96. The summed E-state index contributed by atoms with van der Waals surface area (Å²) in [6, 6.07) is 0. The Kier molecular flexibility index (Phi) is 28.0. The van der Waals surface area contributed by atoms with Gasteiger partial charge in [0.2, 0.25) is 5.91 Å². The number of piperidine rings is 1. The second-order valence-electron chi connectivity index (χ2n) is 9.07. The first kappa shape index (κ1) is 40.7. The summed E-state index contributed by atoms with van der Waals surface area (Å²) in [5.74, 6) is 1.92. The lowest BCUT2D eigenvalue weighted by Gasteiger charge is -2.27. The highest BCUT2D eigenvalue weighted by molar-refractivity contribution is 5.87. The molecule has 1 saturated heterocycles. The molecule has 1 fully saturated rings. The van der Waals surface area contributed by atoms with E-state index in [1.807, 2.05) is 46.8 Å². The number of carbonyl (C=O) groups excluding carboxylic acids is 1. The predicted molar refractivity (Wildman–Crippen MR) is 169 cm³/mol. The van der Waals surface area contributed by atoms with Crippen LogP contribution in [0.5, 0.6) is 0 Å². The summed E-state index contributed by atoms with van der Waals surface area (Å²) < 4.78 is 15.4. The highest BCUT2D eigenvalue weighted by atomic mass is 16.5. The Hall–Kier alpha value is -2.77. The topological polar surface area (TPSA) is 63.3 Å². The average Bonchev–Trinajstić information content (AvgIpc) is 2.94. The largest absolute Gasteiger partial charge is 0.497 e. The highest BCUT2D eigenvalue weighted by Crippen LogP contribution is 2.20.